The van der Waals surface area contributed by atoms with Crippen LogP contribution < -0.4 is 16.2 Å². The Balaban J connectivity index is 2.43. The maximum Gasteiger partial charge on any atom is 0.132 e. The fourth-order valence-electron chi connectivity index (χ4n) is 1.63. The molecule has 0 saturated carbocycles. The Morgan fingerprint density at radius 3 is 2.20 bits per heavy atom. The Morgan fingerprint density at radius 1 is 1.13 bits per heavy atom. The largest absolute Gasteiger partial charge is 0.235 e. The number of rotatable bonds is 1. The molecule has 1 aliphatic heterocycles. The summed E-state index contributed by atoms with van der Waals surface area (Å²) in [7, 11) is 4.01. The van der Waals surface area contributed by atoms with Crippen molar-refractivity contribution in [2.24, 2.45) is 0 Å². The van der Waals surface area contributed by atoms with Gasteiger partial charge in [0.15, 0.2) is 0 Å². The summed E-state index contributed by atoms with van der Waals surface area (Å²) in [6.45, 7) is 0.720. The lowest BCUT2D eigenvalue weighted by Gasteiger charge is -2.43. The number of benzene rings is 1. The van der Waals surface area contributed by atoms with Gasteiger partial charge in [0, 0.05) is 19.4 Å². The van der Waals surface area contributed by atoms with Gasteiger partial charge in [0.1, 0.15) is 6.34 Å². The van der Waals surface area contributed by atoms with Gasteiger partial charge in [0.25, 0.3) is 0 Å². The lowest BCUT2D eigenvalue weighted by atomic mass is 10.4. The van der Waals surface area contributed by atoms with Gasteiger partial charge in [0.2, 0.25) is 0 Å². The Kier molecular flexibility index (Phi) is 3.21. The van der Waals surface area contributed by atoms with Crippen molar-refractivity contribution in [3.8, 4) is 0 Å². The predicted octanol–water partition coefficient (Wildman–Crippen LogP) is 0.465. The molecular formula is C9H15N4PS. The van der Waals surface area contributed by atoms with E-state index < -0.39 is 6.34 Å². The zero-order chi connectivity index (χ0) is 10.9. The summed E-state index contributed by atoms with van der Waals surface area (Å²) >= 11 is 5.80. The van der Waals surface area contributed by atoms with E-state index >= 15 is 0 Å². The van der Waals surface area contributed by atoms with Gasteiger partial charge >= 0.3 is 0 Å². The Labute approximate surface area is 95.3 Å². The smallest absolute Gasteiger partial charge is 0.132 e. The normalized spacial score (nSPS) is 22.8. The predicted molar refractivity (Wildman–Crippen MR) is 67.0 cm³/mol. The highest BCUT2D eigenvalue weighted by Crippen LogP contribution is 2.49. The highest BCUT2D eigenvalue weighted by molar-refractivity contribution is 8.15. The van der Waals surface area contributed by atoms with Crippen molar-refractivity contribution in [2.45, 2.75) is 0 Å². The van der Waals surface area contributed by atoms with E-state index in [1.807, 2.05) is 41.9 Å². The van der Waals surface area contributed by atoms with Crippen LogP contribution in [0.15, 0.2) is 30.3 Å². The minimum absolute atomic E-state index is 0.720. The van der Waals surface area contributed by atoms with Crippen LogP contribution in [0.2, 0.25) is 0 Å². The highest BCUT2D eigenvalue weighted by Gasteiger charge is 2.32. The number of nitrogens with zero attached hydrogens (tertiary/aromatic N) is 2. The first kappa shape index (κ1) is 11.2. The van der Waals surface area contributed by atoms with Crippen LogP contribution in [0.4, 0.5) is 0 Å². The van der Waals surface area contributed by atoms with Crippen molar-refractivity contribution < 1.29 is 0 Å². The van der Waals surface area contributed by atoms with Gasteiger partial charge in [-0.1, -0.05) is 42.1 Å². The molecule has 2 N–H and O–H groups in total. The van der Waals surface area contributed by atoms with Crippen LogP contribution in [0.3, 0.4) is 0 Å². The maximum atomic E-state index is 5.80. The standard InChI is InChI=1S/C9H15N4PS/c1-12-10-8-11-13(2)14(12,15)9-6-4-3-5-7-9/h3-7,10-11H,8H2,1-2H3. The molecule has 6 heteroatoms. The first-order valence-electron chi connectivity index (χ1n) is 4.77. The molecular weight excluding hydrogens is 227 g/mol. The van der Waals surface area contributed by atoms with Gasteiger partial charge in [-0.05, 0) is 0 Å². The molecule has 1 fully saturated rings. The SMILES string of the molecule is CN1NCNN(C)P1(=S)c1ccccc1. The fraction of sp³-hybridized carbons (Fsp3) is 0.333. The van der Waals surface area contributed by atoms with Crippen LogP contribution in [-0.2, 0) is 11.8 Å². The summed E-state index contributed by atoms with van der Waals surface area (Å²) in [6, 6.07) is 10.2. The second-order valence-corrected chi connectivity index (χ2v) is 7.75. The second-order valence-electron chi connectivity index (χ2n) is 3.42. The lowest BCUT2D eigenvalue weighted by molar-refractivity contribution is 0.243. The van der Waals surface area contributed by atoms with Gasteiger partial charge < -0.3 is 0 Å². The third-order valence-electron chi connectivity index (χ3n) is 2.52. The minimum atomic E-state index is -1.87. The number of nitrogens with one attached hydrogen (secondary N) is 2. The molecule has 15 heavy (non-hydrogen) atoms. The zero-order valence-corrected chi connectivity index (χ0v) is 10.6. The van der Waals surface area contributed by atoms with E-state index in [0.717, 1.165) is 6.67 Å². The molecule has 1 aliphatic rings. The highest BCUT2D eigenvalue weighted by atomic mass is 32.4. The van der Waals surface area contributed by atoms with Gasteiger partial charge in [-0.2, -0.15) is 9.56 Å². The van der Waals surface area contributed by atoms with Crippen molar-refractivity contribution in [2.75, 3.05) is 20.8 Å². The molecule has 82 valence electrons. The number of hydrogen-bond donors (Lipinski definition) is 2. The van der Waals surface area contributed by atoms with E-state index in [4.69, 9.17) is 11.8 Å². The Hall–Kier alpha value is -0.290. The van der Waals surface area contributed by atoms with Crippen molar-refractivity contribution in [3.05, 3.63) is 30.3 Å². The van der Waals surface area contributed by atoms with E-state index in [1.165, 1.54) is 5.30 Å². The van der Waals surface area contributed by atoms with E-state index in [9.17, 15) is 0 Å². The van der Waals surface area contributed by atoms with Crippen molar-refractivity contribution in [1.29, 1.82) is 0 Å². The Morgan fingerprint density at radius 2 is 1.67 bits per heavy atom. The molecule has 0 unspecified atom stereocenters. The summed E-state index contributed by atoms with van der Waals surface area (Å²) in [5.41, 5.74) is 6.45. The van der Waals surface area contributed by atoms with E-state index in [1.54, 1.807) is 0 Å². The second kappa shape index (κ2) is 4.29. The van der Waals surface area contributed by atoms with Gasteiger partial charge in [-0.25, -0.2) is 10.9 Å². The van der Waals surface area contributed by atoms with Crippen molar-refractivity contribution >= 4 is 23.5 Å². The third-order valence-corrected chi connectivity index (χ3v) is 7.50. The molecule has 1 aromatic carbocycles. The summed E-state index contributed by atoms with van der Waals surface area (Å²) in [5.74, 6) is 0. The quantitative estimate of drug-likeness (QED) is 0.699. The van der Waals surface area contributed by atoms with E-state index in [-0.39, 0.29) is 0 Å². The first-order chi connectivity index (χ1) is 7.15. The molecule has 2 rings (SSSR count). The van der Waals surface area contributed by atoms with Gasteiger partial charge in [-0.3, -0.25) is 0 Å². The van der Waals surface area contributed by atoms with Crippen LogP contribution >= 0.6 is 6.34 Å². The van der Waals surface area contributed by atoms with Crippen LogP contribution in [0.25, 0.3) is 0 Å². The van der Waals surface area contributed by atoms with Crippen LogP contribution in [0.5, 0.6) is 0 Å². The molecule has 0 aromatic heterocycles. The zero-order valence-electron chi connectivity index (χ0n) is 8.84. The van der Waals surface area contributed by atoms with Gasteiger partial charge in [0.05, 0.1) is 6.67 Å². The molecule has 1 heterocycles. The number of hydrogen-bond acceptors (Lipinski definition) is 3. The van der Waals surface area contributed by atoms with E-state index in [2.05, 4.69) is 23.0 Å². The van der Waals surface area contributed by atoms with Crippen molar-refractivity contribution in [1.82, 2.24) is 20.4 Å². The molecule has 0 spiro atoms. The molecule has 4 nitrogen and oxygen atoms in total. The van der Waals surface area contributed by atoms with Crippen molar-refractivity contribution in [3.63, 3.8) is 0 Å². The lowest BCUT2D eigenvalue weighted by Crippen LogP contribution is -2.55. The number of hydrazine groups is 2. The summed E-state index contributed by atoms with van der Waals surface area (Å²) in [5, 5.41) is 1.18. The van der Waals surface area contributed by atoms with Crippen LogP contribution in [-0.4, -0.2) is 30.3 Å². The summed E-state index contributed by atoms with van der Waals surface area (Å²) < 4.78 is 4.10. The molecule has 1 aromatic rings. The molecule has 0 aliphatic carbocycles. The third kappa shape index (κ3) is 1.87. The minimum Gasteiger partial charge on any atom is -0.235 e. The summed E-state index contributed by atoms with van der Waals surface area (Å²) in [6.07, 6.45) is -1.87. The van der Waals surface area contributed by atoms with E-state index in [0.29, 0.717) is 0 Å². The maximum absolute atomic E-state index is 5.80. The molecule has 0 amide bonds. The average molecular weight is 242 g/mol. The molecule has 0 radical (unpaired) electrons. The average Bonchev–Trinajstić information content (AvgIpc) is 2.27. The first-order valence-corrected chi connectivity index (χ1v) is 7.47. The monoisotopic (exact) mass is 242 g/mol. The molecule has 0 bridgehead atoms. The fourth-order valence-corrected chi connectivity index (χ4v) is 4.52. The van der Waals surface area contributed by atoms with Crippen LogP contribution in [0, 0.1) is 0 Å². The topological polar surface area (TPSA) is 30.5 Å². The van der Waals surface area contributed by atoms with Gasteiger partial charge in [-0.15, -0.1) is 0 Å². The summed E-state index contributed by atoms with van der Waals surface area (Å²) in [4.78, 5) is 0. The molecule has 1 saturated heterocycles. The van der Waals surface area contributed by atoms with Crippen LogP contribution in [0.1, 0.15) is 0 Å². The molecule has 0 atom stereocenters. The Bertz CT molecular complexity index is 369.